The highest BCUT2D eigenvalue weighted by atomic mass is 15.2. The van der Waals surface area contributed by atoms with E-state index in [0.717, 1.165) is 24.1 Å². The van der Waals surface area contributed by atoms with E-state index in [1.54, 1.807) is 0 Å². The number of nitrogens with two attached hydrogens (primary N) is 1. The molecule has 1 saturated carbocycles. The summed E-state index contributed by atoms with van der Waals surface area (Å²) in [5, 5.41) is 7.41. The Morgan fingerprint density at radius 1 is 1.33 bits per heavy atom. The largest absolute Gasteiger partial charge is 0.384 e. The molecule has 3 N–H and O–H groups in total. The topological polar surface area (TPSA) is 53.1 Å². The van der Waals surface area contributed by atoms with Gasteiger partial charge in [0.15, 0.2) is 0 Å². The second-order valence-electron chi connectivity index (χ2n) is 5.57. The van der Waals surface area contributed by atoms with Gasteiger partial charge in [-0.05, 0) is 49.4 Å². The number of amidine groups is 1. The van der Waals surface area contributed by atoms with Gasteiger partial charge in [0.25, 0.3) is 0 Å². The van der Waals surface area contributed by atoms with Crippen molar-refractivity contribution in [3.05, 3.63) is 29.8 Å². The predicted octanol–water partition coefficient (Wildman–Crippen LogP) is 2.99. The minimum absolute atomic E-state index is 0.140. The van der Waals surface area contributed by atoms with E-state index in [1.165, 1.54) is 24.9 Å². The van der Waals surface area contributed by atoms with Gasteiger partial charge in [0.2, 0.25) is 0 Å². The van der Waals surface area contributed by atoms with Crippen LogP contribution in [0.15, 0.2) is 24.3 Å². The average Bonchev–Trinajstić information content (AvgIpc) is 3.14. The molecule has 18 heavy (non-hydrogen) atoms. The Labute approximate surface area is 109 Å². The van der Waals surface area contributed by atoms with Crippen molar-refractivity contribution < 1.29 is 0 Å². The molecule has 0 bridgehead atoms. The third-order valence-corrected chi connectivity index (χ3v) is 3.44. The third-order valence-electron chi connectivity index (χ3n) is 3.44. The second-order valence-corrected chi connectivity index (χ2v) is 5.57. The Balaban J connectivity index is 2.07. The lowest BCUT2D eigenvalue weighted by molar-refractivity contribution is 0.571. The molecule has 0 unspecified atom stereocenters. The van der Waals surface area contributed by atoms with E-state index >= 15 is 0 Å². The lowest BCUT2D eigenvalue weighted by Crippen LogP contribution is -2.27. The number of benzene rings is 1. The van der Waals surface area contributed by atoms with Crippen LogP contribution in [0.5, 0.6) is 0 Å². The molecule has 1 aliphatic rings. The first-order valence-electron chi connectivity index (χ1n) is 6.79. The van der Waals surface area contributed by atoms with E-state index in [4.69, 9.17) is 11.1 Å². The number of anilines is 1. The molecule has 0 radical (unpaired) electrons. The molecule has 0 saturated heterocycles. The lowest BCUT2D eigenvalue weighted by Gasteiger charge is -2.25. The molecule has 1 aromatic rings. The van der Waals surface area contributed by atoms with Gasteiger partial charge < -0.3 is 10.6 Å². The molecular weight excluding hydrogens is 222 g/mol. The number of hydrogen-bond donors (Lipinski definition) is 2. The Morgan fingerprint density at radius 2 is 1.94 bits per heavy atom. The summed E-state index contributed by atoms with van der Waals surface area (Å²) in [6, 6.07) is 8.81. The summed E-state index contributed by atoms with van der Waals surface area (Å²) in [7, 11) is 0. The van der Waals surface area contributed by atoms with Crippen molar-refractivity contribution in [1.29, 1.82) is 5.41 Å². The van der Waals surface area contributed by atoms with Crippen molar-refractivity contribution in [2.45, 2.75) is 39.2 Å². The van der Waals surface area contributed by atoms with Gasteiger partial charge in [-0.3, -0.25) is 5.41 Å². The van der Waals surface area contributed by atoms with Gasteiger partial charge in [-0.2, -0.15) is 0 Å². The molecule has 1 aromatic carbocycles. The monoisotopic (exact) mass is 245 g/mol. The maximum absolute atomic E-state index is 7.41. The quantitative estimate of drug-likeness (QED) is 0.598. The number of nitrogen functional groups attached to an aromatic ring is 1. The standard InChI is InChI=1S/C15H23N3/c1-11(2)9-10-18(14-7-8-14)13-5-3-12(4-6-13)15(16)17/h3-6,11,14H,7-10H2,1-2H3,(H3,16,17). The van der Waals surface area contributed by atoms with Crippen molar-refractivity contribution in [1.82, 2.24) is 0 Å². The van der Waals surface area contributed by atoms with Crippen LogP contribution in [0.25, 0.3) is 0 Å². The molecule has 0 atom stereocenters. The Hall–Kier alpha value is -1.51. The fraction of sp³-hybridized carbons (Fsp3) is 0.533. The van der Waals surface area contributed by atoms with Gasteiger partial charge in [-0.25, -0.2) is 0 Å². The number of hydrogen-bond acceptors (Lipinski definition) is 2. The minimum atomic E-state index is 0.140. The molecule has 0 amide bonds. The first-order chi connectivity index (χ1) is 8.58. The highest BCUT2D eigenvalue weighted by Crippen LogP contribution is 2.32. The molecule has 2 rings (SSSR count). The fourth-order valence-corrected chi connectivity index (χ4v) is 2.14. The average molecular weight is 245 g/mol. The van der Waals surface area contributed by atoms with Crippen molar-refractivity contribution in [2.24, 2.45) is 11.7 Å². The van der Waals surface area contributed by atoms with Crippen LogP contribution >= 0.6 is 0 Å². The fourth-order valence-electron chi connectivity index (χ4n) is 2.14. The molecule has 3 heteroatoms. The zero-order chi connectivity index (χ0) is 13.1. The summed E-state index contributed by atoms with van der Waals surface area (Å²) in [4.78, 5) is 2.50. The minimum Gasteiger partial charge on any atom is -0.384 e. The number of nitrogens with one attached hydrogen (secondary N) is 1. The van der Waals surface area contributed by atoms with Crippen LogP contribution in [0.4, 0.5) is 5.69 Å². The molecule has 1 fully saturated rings. The molecule has 0 aliphatic heterocycles. The zero-order valence-electron chi connectivity index (χ0n) is 11.3. The van der Waals surface area contributed by atoms with Gasteiger partial charge >= 0.3 is 0 Å². The van der Waals surface area contributed by atoms with Crippen LogP contribution in [-0.2, 0) is 0 Å². The third kappa shape index (κ3) is 3.25. The molecule has 0 aromatic heterocycles. The number of nitrogens with zero attached hydrogens (tertiary/aromatic N) is 1. The highest BCUT2D eigenvalue weighted by molar-refractivity contribution is 5.95. The molecule has 0 spiro atoms. The number of rotatable bonds is 6. The van der Waals surface area contributed by atoms with Crippen LogP contribution in [-0.4, -0.2) is 18.4 Å². The summed E-state index contributed by atoms with van der Waals surface area (Å²) in [6.45, 7) is 5.66. The molecule has 98 valence electrons. The summed E-state index contributed by atoms with van der Waals surface area (Å²) in [5.74, 6) is 0.879. The van der Waals surface area contributed by atoms with Crippen molar-refractivity contribution in [3.8, 4) is 0 Å². The normalized spacial score (nSPS) is 14.8. The van der Waals surface area contributed by atoms with Gasteiger partial charge in [0, 0.05) is 23.8 Å². The molecule has 0 heterocycles. The maximum Gasteiger partial charge on any atom is 0.122 e. The van der Waals surface area contributed by atoms with E-state index in [2.05, 4.69) is 30.9 Å². The van der Waals surface area contributed by atoms with Crippen LogP contribution in [0.3, 0.4) is 0 Å². The SMILES string of the molecule is CC(C)CCN(c1ccc(C(=N)N)cc1)C1CC1. The van der Waals surface area contributed by atoms with Crippen molar-refractivity contribution in [2.75, 3.05) is 11.4 Å². The van der Waals surface area contributed by atoms with E-state index in [1.807, 2.05) is 12.1 Å². The highest BCUT2D eigenvalue weighted by Gasteiger charge is 2.28. The van der Waals surface area contributed by atoms with Crippen molar-refractivity contribution in [3.63, 3.8) is 0 Å². The van der Waals surface area contributed by atoms with Gasteiger partial charge in [-0.1, -0.05) is 13.8 Å². The predicted molar refractivity (Wildman–Crippen MR) is 77.3 cm³/mol. The van der Waals surface area contributed by atoms with E-state index in [0.29, 0.717) is 0 Å². The summed E-state index contributed by atoms with van der Waals surface area (Å²) in [6.07, 6.45) is 3.85. The van der Waals surface area contributed by atoms with Gasteiger partial charge in [0.1, 0.15) is 5.84 Å². The second kappa shape index (κ2) is 5.42. The first kappa shape index (κ1) is 12.9. The van der Waals surface area contributed by atoms with Gasteiger partial charge in [-0.15, -0.1) is 0 Å². The Bertz CT molecular complexity index is 404. The maximum atomic E-state index is 7.41. The van der Waals surface area contributed by atoms with Crippen LogP contribution in [0.2, 0.25) is 0 Å². The Kier molecular flexibility index (Phi) is 3.90. The van der Waals surface area contributed by atoms with Crippen molar-refractivity contribution >= 4 is 11.5 Å². The molecule has 3 nitrogen and oxygen atoms in total. The van der Waals surface area contributed by atoms with Gasteiger partial charge in [0.05, 0.1) is 0 Å². The summed E-state index contributed by atoms with van der Waals surface area (Å²) in [5.41, 5.74) is 7.55. The lowest BCUT2D eigenvalue weighted by atomic mass is 10.1. The Morgan fingerprint density at radius 3 is 2.39 bits per heavy atom. The first-order valence-corrected chi connectivity index (χ1v) is 6.79. The van der Waals surface area contributed by atoms with Crippen LogP contribution < -0.4 is 10.6 Å². The van der Waals surface area contributed by atoms with E-state index < -0.39 is 0 Å². The van der Waals surface area contributed by atoms with E-state index in [-0.39, 0.29) is 5.84 Å². The summed E-state index contributed by atoms with van der Waals surface area (Å²) >= 11 is 0. The van der Waals surface area contributed by atoms with E-state index in [9.17, 15) is 0 Å². The molecule has 1 aliphatic carbocycles. The zero-order valence-corrected chi connectivity index (χ0v) is 11.3. The van der Waals surface area contributed by atoms with Crippen LogP contribution in [0, 0.1) is 11.3 Å². The smallest absolute Gasteiger partial charge is 0.122 e. The molecular formula is C15H23N3. The van der Waals surface area contributed by atoms with Crippen LogP contribution in [0.1, 0.15) is 38.7 Å². The summed E-state index contributed by atoms with van der Waals surface area (Å²) < 4.78 is 0.